The molecule has 0 saturated heterocycles. The first-order chi connectivity index (χ1) is 8.06. The summed E-state index contributed by atoms with van der Waals surface area (Å²) < 4.78 is 1.87. The van der Waals surface area contributed by atoms with Crippen molar-refractivity contribution in [2.45, 2.75) is 26.8 Å². The fraction of sp³-hybridized carbons (Fsp3) is 0.308. The highest BCUT2D eigenvalue weighted by molar-refractivity contribution is 6.35. The van der Waals surface area contributed by atoms with Crippen molar-refractivity contribution in [1.29, 1.82) is 0 Å². The summed E-state index contributed by atoms with van der Waals surface area (Å²) in [4.78, 5) is 11.2. The number of rotatable bonds is 3. The lowest BCUT2D eigenvalue weighted by Gasteiger charge is -2.04. The third kappa shape index (κ3) is 1.91. The third-order valence-electron chi connectivity index (χ3n) is 2.82. The Balaban J connectivity index is 2.83. The van der Waals surface area contributed by atoms with Crippen molar-refractivity contribution in [1.82, 2.24) is 4.57 Å². The molecule has 0 atom stereocenters. The number of benzene rings is 1. The van der Waals surface area contributed by atoms with Gasteiger partial charge < -0.3 is 9.67 Å². The van der Waals surface area contributed by atoms with Crippen LogP contribution in [0.1, 0.15) is 29.3 Å². The fourth-order valence-corrected chi connectivity index (χ4v) is 2.43. The average Bonchev–Trinajstić information content (AvgIpc) is 2.53. The van der Waals surface area contributed by atoms with Gasteiger partial charge in [-0.25, -0.2) is 4.79 Å². The highest BCUT2D eigenvalue weighted by Gasteiger charge is 2.20. The molecule has 0 aliphatic carbocycles. The van der Waals surface area contributed by atoms with Gasteiger partial charge in [0.1, 0.15) is 10.7 Å². The lowest BCUT2D eigenvalue weighted by molar-refractivity contribution is 0.0699. The van der Waals surface area contributed by atoms with E-state index in [1.54, 1.807) is 0 Å². The number of halogens is 1. The van der Waals surface area contributed by atoms with E-state index in [0.29, 0.717) is 10.5 Å². The number of carboxylic acids is 1. The molecule has 0 fully saturated rings. The van der Waals surface area contributed by atoms with Crippen LogP contribution in [0.25, 0.3) is 10.9 Å². The van der Waals surface area contributed by atoms with Crippen LogP contribution >= 0.6 is 11.6 Å². The number of carbonyl (C=O) groups is 1. The minimum atomic E-state index is -0.973. The van der Waals surface area contributed by atoms with E-state index in [1.165, 1.54) is 0 Å². The van der Waals surface area contributed by atoms with E-state index in [9.17, 15) is 9.90 Å². The van der Waals surface area contributed by atoms with Crippen LogP contribution in [0, 0.1) is 6.92 Å². The zero-order chi connectivity index (χ0) is 12.6. The minimum absolute atomic E-state index is 0.204. The SMILES string of the molecule is CCCn1c(Cl)c(C(=O)O)c2ccc(C)cc21. The number of carboxylic acid groups (broad SMARTS) is 1. The molecule has 0 aliphatic heterocycles. The van der Waals surface area contributed by atoms with Crippen molar-refractivity contribution in [3.8, 4) is 0 Å². The number of nitrogens with zero attached hydrogens (tertiary/aromatic N) is 1. The van der Waals surface area contributed by atoms with Gasteiger partial charge in [0.15, 0.2) is 0 Å². The van der Waals surface area contributed by atoms with E-state index < -0.39 is 5.97 Å². The normalized spacial score (nSPS) is 11.0. The Hall–Kier alpha value is -1.48. The zero-order valence-electron chi connectivity index (χ0n) is 9.83. The van der Waals surface area contributed by atoms with E-state index in [0.717, 1.165) is 24.0 Å². The maximum Gasteiger partial charge on any atom is 0.339 e. The van der Waals surface area contributed by atoms with E-state index in [4.69, 9.17) is 11.6 Å². The van der Waals surface area contributed by atoms with E-state index in [1.807, 2.05) is 36.6 Å². The van der Waals surface area contributed by atoms with Crippen LogP contribution in [0.2, 0.25) is 5.15 Å². The van der Waals surface area contributed by atoms with Crippen LogP contribution in [0.15, 0.2) is 18.2 Å². The first kappa shape index (κ1) is 12.0. The minimum Gasteiger partial charge on any atom is -0.478 e. The highest BCUT2D eigenvalue weighted by atomic mass is 35.5. The molecule has 2 rings (SSSR count). The summed E-state index contributed by atoms with van der Waals surface area (Å²) in [7, 11) is 0. The van der Waals surface area contributed by atoms with Gasteiger partial charge in [-0.1, -0.05) is 30.7 Å². The van der Waals surface area contributed by atoms with Crippen LogP contribution in [0.5, 0.6) is 0 Å². The largest absolute Gasteiger partial charge is 0.478 e. The Morgan fingerprint density at radius 3 is 2.76 bits per heavy atom. The molecule has 1 aromatic heterocycles. The topological polar surface area (TPSA) is 42.2 Å². The molecule has 1 aromatic carbocycles. The summed E-state index contributed by atoms with van der Waals surface area (Å²) in [6.07, 6.45) is 0.913. The van der Waals surface area contributed by atoms with Gasteiger partial charge in [0.05, 0.1) is 5.52 Å². The Kier molecular flexibility index (Phi) is 3.11. The Labute approximate surface area is 105 Å². The summed E-state index contributed by atoms with van der Waals surface area (Å²) in [5.41, 5.74) is 2.20. The number of hydrogen-bond donors (Lipinski definition) is 1. The second kappa shape index (κ2) is 4.41. The summed E-state index contributed by atoms with van der Waals surface area (Å²) in [5.74, 6) is -0.973. The molecule has 0 amide bonds. The second-order valence-corrected chi connectivity index (χ2v) is 4.50. The summed E-state index contributed by atoms with van der Waals surface area (Å²) in [6.45, 7) is 4.75. The quantitative estimate of drug-likeness (QED) is 0.904. The van der Waals surface area contributed by atoms with Crippen LogP contribution in [0.4, 0.5) is 0 Å². The van der Waals surface area contributed by atoms with Crippen molar-refractivity contribution in [2.75, 3.05) is 0 Å². The van der Waals surface area contributed by atoms with Gasteiger partial charge >= 0.3 is 5.97 Å². The average molecular weight is 252 g/mol. The second-order valence-electron chi connectivity index (χ2n) is 4.14. The van der Waals surface area contributed by atoms with E-state index >= 15 is 0 Å². The molecule has 0 spiro atoms. The molecule has 0 unspecified atom stereocenters. The predicted molar refractivity (Wildman–Crippen MR) is 68.9 cm³/mol. The number of aryl methyl sites for hydroxylation is 2. The van der Waals surface area contributed by atoms with E-state index in [2.05, 4.69) is 0 Å². The Morgan fingerprint density at radius 2 is 2.18 bits per heavy atom. The smallest absolute Gasteiger partial charge is 0.339 e. The highest BCUT2D eigenvalue weighted by Crippen LogP contribution is 2.31. The molecule has 0 radical (unpaired) electrons. The molecule has 2 aromatic rings. The van der Waals surface area contributed by atoms with Crippen molar-refractivity contribution in [3.05, 3.63) is 34.5 Å². The third-order valence-corrected chi connectivity index (χ3v) is 3.21. The van der Waals surface area contributed by atoms with E-state index in [-0.39, 0.29) is 5.56 Å². The molecular weight excluding hydrogens is 238 g/mol. The van der Waals surface area contributed by atoms with Gasteiger partial charge in [-0.05, 0) is 25.0 Å². The Morgan fingerprint density at radius 1 is 1.47 bits per heavy atom. The van der Waals surface area contributed by atoms with Gasteiger partial charge in [-0.15, -0.1) is 0 Å². The van der Waals surface area contributed by atoms with Gasteiger partial charge in [-0.3, -0.25) is 0 Å². The maximum atomic E-state index is 11.2. The summed E-state index contributed by atoms with van der Waals surface area (Å²) >= 11 is 6.16. The molecule has 1 heterocycles. The Bertz CT molecular complexity index is 587. The summed E-state index contributed by atoms with van der Waals surface area (Å²) in [6, 6.07) is 5.71. The first-order valence-electron chi connectivity index (χ1n) is 5.58. The zero-order valence-corrected chi connectivity index (χ0v) is 10.6. The lowest BCUT2D eigenvalue weighted by atomic mass is 10.1. The molecular formula is C13H14ClNO2. The molecule has 90 valence electrons. The van der Waals surface area contributed by atoms with Gasteiger partial charge in [0.25, 0.3) is 0 Å². The van der Waals surface area contributed by atoms with Crippen molar-refractivity contribution in [2.24, 2.45) is 0 Å². The number of aromatic carboxylic acids is 1. The molecule has 0 saturated carbocycles. The molecule has 3 nitrogen and oxygen atoms in total. The van der Waals surface area contributed by atoms with Crippen LogP contribution < -0.4 is 0 Å². The van der Waals surface area contributed by atoms with Crippen LogP contribution in [-0.2, 0) is 6.54 Å². The number of fused-ring (bicyclic) bond motifs is 1. The molecule has 0 bridgehead atoms. The van der Waals surface area contributed by atoms with Crippen molar-refractivity contribution < 1.29 is 9.90 Å². The monoisotopic (exact) mass is 251 g/mol. The van der Waals surface area contributed by atoms with Crippen LogP contribution in [-0.4, -0.2) is 15.6 Å². The van der Waals surface area contributed by atoms with Gasteiger partial charge in [0, 0.05) is 11.9 Å². The standard InChI is InChI=1S/C13H14ClNO2/c1-3-6-15-10-7-8(2)4-5-9(10)11(12(15)14)13(16)17/h4-5,7H,3,6H2,1-2H3,(H,16,17). The summed E-state index contributed by atoms with van der Waals surface area (Å²) in [5, 5.41) is 10.2. The fourth-order valence-electron chi connectivity index (χ4n) is 2.07. The molecule has 4 heteroatoms. The number of aromatic nitrogens is 1. The lowest BCUT2D eigenvalue weighted by Crippen LogP contribution is -1.99. The molecule has 0 aliphatic rings. The molecule has 1 N–H and O–H groups in total. The first-order valence-corrected chi connectivity index (χ1v) is 5.95. The van der Waals surface area contributed by atoms with Crippen molar-refractivity contribution >= 4 is 28.5 Å². The predicted octanol–water partition coefficient (Wildman–Crippen LogP) is 3.71. The maximum absolute atomic E-state index is 11.2. The molecule has 17 heavy (non-hydrogen) atoms. The van der Waals surface area contributed by atoms with Gasteiger partial charge in [0.2, 0.25) is 0 Å². The van der Waals surface area contributed by atoms with Crippen molar-refractivity contribution in [3.63, 3.8) is 0 Å². The van der Waals surface area contributed by atoms with Gasteiger partial charge in [-0.2, -0.15) is 0 Å². The van der Waals surface area contributed by atoms with Crippen LogP contribution in [0.3, 0.4) is 0 Å². The number of hydrogen-bond acceptors (Lipinski definition) is 1.